The molecule has 1 aromatic carbocycles. The Morgan fingerprint density at radius 1 is 1.29 bits per heavy atom. The van der Waals surface area contributed by atoms with Crippen molar-refractivity contribution >= 4 is 43.5 Å². The van der Waals surface area contributed by atoms with E-state index in [1.54, 1.807) is 13.2 Å². The maximum atomic E-state index is 11.7. The predicted octanol–water partition coefficient (Wildman–Crippen LogP) is 3.89. The Morgan fingerprint density at radius 2 is 2.05 bits per heavy atom. The normalized spacial score (nSPS) is 10.3. The molecule has 4 nitrogen and oxygen atoms in total. The Bertz CT molecular complexity index is 674. The molecule has 2 rings (SSSR count). The number of carbonyl (C=O) groups is 1. The number of carbonyl (C=O) groups excluding carboxylic acids is 1. The van der Waals surface area contributed by atoms with Gasteiger partial charge in [0.1, 0.15) is 0 Å². The van der Waals surface area contributed by atoms with E-state index >= 15 is 0 Å². The zero-order valence-electron chi connectivity index (χ0n) is 11.7. The van der Waals surface area contributed by atoms with Crippen LogP contribution in [0.1, 0.15) is 21.6 Å². The summed E-state index contributed by atoms with van der Waals surface area (Å²) in [6, 6.07) is 7.54. The molecular formula is C15H15Br2N3O. The van der Waals surface area contributed by atoms with E-state index in [4.69, 9.17) is 0 Å². The van der Waals surface area contributed by atoms with Gasteiger partial charge in [-0.25, -0.2) is 0 Å². The minimum absolute atomic E-state index is 0.0963. The lowest BCUT2D eigenvalue weighted by Crippen LogP contribution is -2.18. The van der Waals surface area contributed by atoms with Gasteiger partial charge >= 0.3 is 0 Å². The third kappa shape index (κ3) is 4.04. The lowest BCUT2D eigenvalue weighted by Gasteiger charge is -2.12. The van der Waals surface area contributed by atoms with Gasteiger partial charge in [0.2, 0.25) is 0 Å². The summed E-state index contributed by atoms with van der Waals surface area (Å²) in [5, 5.41) is 5.95. The van der Waals surface area contributed by atoms with Crippen LogP contribution in [-0.4, -0.2) is 17.9 Å². The van der Waals surface area contributed by atoms with Crippen LogP contribution in [0.2, 0.25) is 0 Å². The zero-order chi connectivity index (χ0) is 15.4. The number of nitrogens with one attached hydrogen (secondary N) is 2. The van der Waals surface area contributed by atoms with E-state index in [0.717, 1.165) is 25.9 Å². The number of nitrogens with zero attached hydrogens (tertiary/aromatic N) is 1. The van der Waals surface area contributed by atoms with Gasteiger partial charge in [-0.3, -0.25) is 9.78 Å². The molecule has 0 spiro atoms. The second-order valence-electron chi connectivity index (χ2n) is 4.54. The summed E-state index contributed by atoms with van der Waals surface area (Å²) in [5.74, 6) is -0.0963. The molecule has 0 aliphatic rings. The van der Waals surface area contributed by atoms with E-state index in [1.807, 2.05) is 31.2 Å². The lowest BCUT2D eigenvalue weighted by atomic mass is 10.1. The summed E-state index contributed by atoms with van der Waals surface area (Å²) in [5.41, 5.74) is 3.54. The van der Waals surface area contributed by atoms with E-state index in [0.29, 0.717) is 12.1 Å². The molecule has 6 heteroatoms. The third-order valence-corrected chi connectivity index (χ3v) is 4.18. The summed E-state index contributed by atoms with van der Waals surface area (Å²) in [6.07, 6.45) is 1.76. The maximum absolute atomic E-state index is 11.7. The second kappa shape index (κ2) is 7.04. The molecule has 0 aliphatic carbocycles. The molecule has 0 saturated heterocycles. The monoisotopic (exact) mass is 411 g/mol. The van der Waals surface area contributed by atoms with Crippen LogP contribution >= 0.6 is 31.9 Å². The zero-order valence-corrected chi connectivity index (χ0v) is 14.9. The number of benzene rings is 1. The number of rotatable bonds is 4. The number of anilines is 1. The predicted molar refractivity (Wildman–Crippen MR) is 91.5 cm³/mol. The van der Waals surface area contributed by atoms with Gasteiger partial charge in [-0.1, -0.05) is 6.07 Å². The lowest BCUT2D eigenvalue weighted by molar-refractivity contribution is 0.0963. The van der Waals surface area contributed by atoms with Gasteiger partial charge in [0.05, 0.1) is 12.2 Å². The van der Waals surface area contributed by atoms with Crippen LogP contribution in [0, 0.1) is 6.92 Å². The minimum atomic E-state index is -0.0963. The van der Waals surface area contributed by atoms with Crippen molar-refractivity contribution in [1.29, 1.82) is 0 Å². The largest absolute Gasteiger partial charge is 0.379 e. The molecule has 0 radical (unpaired) electrons. The fourth-order valence-corrected chi connectivity index (χ4v) is 2.98. The van der Waals surface area contributed by atoms with Gasteiger partial charge in [0.15, 0.2) is 0 Å². The van der Waals surface area contributed by atoms with Crippen molar-refractivity contribution in [2.24, 2.45) is 0 Å². The summed E-state index contributed by atoms with van der Waals surface area (Å²) in [7, 11) is 1.62. The molecule has 21 heavy (non-hydrogen) atoms. The average molecular weight is 413 g/mol. The Balaban J connectivity index is 2.17. The highest BCUT2D eigenvalue weighted by atomic mass is 79.9. The molecule has 0 saturated carbocycles. The SMILES string of the molecule is CNC(=O)c1ccc(C)c(NCc2ncc(Br)cc2Br)c1. The van der Waals surface area contributed by atoms with Gasteiger partial charge in [0, 0.05) is 33.4 Å². The van der Waals surface area contributed by atoms with Crippen LogP contribution < -0.4 is 10.6 Å². The molecule has 0 unspecified atom stereocenters. The summed E-state index contributed by atoms with van der Waals surface area (Å²) < 4.78 is 1.86. The number of hydrogen-bond donors (Lipinski definition) is 2. The molecule has 0 fully saturated rings. The number of halogens is 2. The third-order valence-electron chi connectivity index (χ3n) is 3.06. The fraction of sp³-hybridized carbons (Fsp3) is 0.200. The summed E-state index contributed by atoms with van der Waals surface area (Å²) in [6.45, 7) is 2.58. The van der Waals surface area contributed by atoms with Crippen molar-refractivity contribution in [3.05, 3.63) is 56.2 Å². The molecule has 2 N–H and O–H groups in total. The Hall–Kier alpha value is -1.40. The van der Waals surface area contributed by atoms with Crippen molar-refractivity contribution in [2.75, 3.05) is 12.4 Å². The molecule has 1 heterocycles. The Labute approximate surface area is 140 Å². The Kier molecular flexibility index (Phi) is 5.36. The molecule has 0 bridgehead atoms. The van der Waals surface area contributed by atoms with Gasteiger partial charge in [-0.2, -0.15) is 0 Å². The first-order valence-corrected chi connectivity index (χ1v) is 7.96. The van der Waals surface area contributed by atoms with Gasteiger partial charge < -0.3 is 10.6 Å². The average Bonchev–Trinajstić information content (AvgIpc) is 2.47. The van der Waals surface area contributed by atoms with Crippen LogP contribution in [-0.2, 0) is 6.54 Å². The standard InChI is InChI=1S/C15H15Br2N3O/c1-9-3-4-10(15(21)18-2)5-13(9)20-8-14-12(17)6-11(16)7-19-14/h3-7,20H,8H2,1-2H3,(H,18,21). The van der Waals surface area contributed by atoms with E-state index in [1.165, 1.54) is 0 Å². The van der Waals surface area contributed by atoms with Crippen molar-refractivity contribution in [1.82, 2.24) is 10.3 Å². The first-order valence-electron chi connectivity index (χ1n) is 6.38. The number of aromatic nitrogens is 1. The fourth-order valence-electron chi connectivity index (χ4n) is 1.85. The van der Waals surface area contributed by atoms with E-state index in [9.17, 15) is 4.79 Å². The van der Waals surface area contributed by atoms with Crippen molar-refractivity contribution in [3.8, 4) is 0 Å². The quantitative estimate of drug-likeness (QED) is 0.800. The first-order chi connectivity index (χ1) is 10.0. The molecule has 1 aromatic heterocycles. The van der Waals surface area contributed by atoms with E-state index < -0.39 is 0 Å². The number of amides is 1. The van der Waals surface area contributed by atoms with Crippen molar-refractivity contribution < 1.29 is 4.79 Å². The second-order valence-corrected chi connectivity index (χ2v) is 6.31. The first kappa shape index (κ1) is 16.0. The molecular weight excluding hydrogens is 398 g/mol. The van der Waals surface area contributed by atoms with Crippen LogP contribution in [0.15, 0.2) is 39.4 Å². The van der Waals surface area contributed by atoms with E-state index in [-0.39, 0.29) is 5.91 Å². The van der Waals surface area contributed by atoms with E-state index in [2.05, 4.69) is 47.5 Å². The number of aryl methyl sites for hydroxylation is 1. The summed E-state index contributed by atoms with van der Waals surface area (Å²) >= 11 is 6.87. The van der Waals surface area contributed by atoms with Crippen LogP contribution in [0.4, 0.5) is 5.69 Å². The molecule has 1 amide bonds. The molecule has 2 aromatic rings. The molecule has 0 atom stereocenters. The highest BCUT2D eigenvalue weighted by molar-refractivity contribution is 9.11. The maximum Gasteiger partial charge on any atom is 0.251 e. The molecule has 110 valence electrons. The number of hydrogen-bond acceptors (Lipinski definition) is 3. The minimum Gasteiger partial charge on any atom is -0.379 e. The smallest absolute Gasteiger partial charge is 0.251 e. The van der Waals surface area contributed by atoms with Gasteiger partial charge in [-0.05, 0) is 62.5 Å². The van der Waals surface area contributed by atoms with Crippen molar-refractivity contribution in [2.45, 2.75) is 13.5 Å². The van der Waals surface area contributed by atoms with Crippen LogP contribution in [0.5, 0.6) is 0 Å². The summed E-state index contributed by atoms with van der Waals surface area (Å²) in [4.78, 5) is 16.0. The van der Waals surface area contributed by atoms with Crippen LogP contribution in [0.25, 0.3) is 0 Å². The highest BCUT2D eigenvalue weighted by Crippen LogP contribution is 2.22. The number of pyridine rings is 1. The van der Waals surface area contributed by atoms with Gasteiger partial charge in [-0.15, -0.1) is 0 Å². The Morgan fingerprint density at radius 3 is 2.71 bits per heavy atom. The van der Waals surface area contributed by atoms with Crippen molar-refractivity contribution in [3.63, 3.8) is 0 Å². The topological polar surface area (TPSA) is 54.0 Å². The van der Waals surface area contributed by atoms with Gasteiger partial charge in [0.25, 0.3) is 5.91 Å². The van der Waals surface area contributed by atoms with Crippen LogP contribution in [0.3, 0.4) is 0 Å². The highest BCUT2D eigenvalue weighted by Gasteiger charge is 2.08. The molecule has 0 aliphatic heterocycles.